The topological polar surface area (TPSA) is 74.2 Å². The van der Waals surface area contributed by atoms with Crippen molar-refractivity contribution in [3.8, 4) is 5.75 Å². The Morgan fingerprint density at radius 2 is 1.81 bits per heavy atom. The van der Waals surface area contributed by atoms with E-state index in [1.54, 1.807) is 20.1 Å². The minimum absolute atomic E-state index is 0.0249. The molecule has 1 heterocycles. The van der Waals surface area contributed by atoms with Crippen molar-refractivity contribution >= 4 is 6.16 Å². The normalized spacial score (nSPS) is 25.2. The van der Waals surface area contributed by atoms with Gasteiger partial charge in [-0.1, -0.05) is 32.0 Å². The summed E-state index contributed by atoms with van der Waals surface area (Å²) < 4.78 is 35.8. The van der Waals surface area contributed by atoms with Crippen molar-refractivity contribution in [3.05, 3.63) is 65.0 Å². The zero-order chi connectivity index (χ0) is 23.3. The van der Waals surface area contributed by atoms with Gasteiger partial charge in [0.2, 0.25) is 0 Å². The third-order valence-corrected chi connectivity index (χ3v) is 6.13. The lowest BCUT2D eigenvalue weighted by atomic mass is 9.79. The minimum atomic E-state index is -0.797. The summed E-state index contributed by atoms with van der Waals surface area (Å²) in [5.74, 6) is 0.321. The maximum atomic E-state index is 14.6. The zero-order valence-corrected chi connectivity index (χ0v) is 18.9. The number of rotatable bonds is 7. The molecule has 1 fully saturated rings. The van der Waals surface area contributed by atoms with E-state index in [4.69, 9.17) is 18.9 Å². The van der Waals surface area contributed by atoms with E-state index in [0.29, 0.717) is 12.0 Å². The van der Waals surface area contributed by atoms with Crippen LogP contribution in [-0.2, 0) is 20.6 Å². The molecule has 32 heavy (non-hydrogen) atoms. The highest BCUT2D eigenvalue weighted by molar-refractivity contribution is 5.59. The monoisotopic (exact) mass is 446 g/mol. The summed E-state index contributed by atoms with van der Waals surface area (Å²) in [5.41, 5.74) is 2.34. The molecule has 5 atom stereocenters. The van der Waals surface area contributed by atoms with Crippen LogP contribution in [0.4, 0.5) is 9.18 Å². The summed E-state index contributed by atoms with van der Waals surface area (Å²) in [4.78, 5) is 11.6. The Balaban J connectivity index is 1.78. The lowest BCUT2D eigenvalue weighted by Crippen LogP contribution is -2.48. The number of hydrogen-bond donors (Lipinski definition) is 1. The molecule has 0 radical (unpaired) electrons. The van der Waals surface area contributed by atoms with E-state index >= 15 is 0 Å². The van der Waals surface area contributed by atoms with Crippen molar-refractivity contribution in [3.63, 3.8) is 0 Å². The molecule has 0 aliphatic carbocycles. The van der Waals surface area contributed by atoms with Gasteiger partial charge in [0, 0.05) is 6.42 Å². The fraction of sp³-hybridized carbons (Fsp3) is 0.480. The summed E-state index contributed by atoms with van der Waals surface area (Å²) in [6.07, 6.45) is -2.24. The van der Waals surface area contributed by atoms with Crippen molar-refractivity contribution in [1.29, 1.82) is 0 Å². The summed E-state index contributed by atoms with van der Waals surface area (Å²) in [6, 6.07) is 12.5. The largest absolute Gasteiger partial charge is 0.508 e. The maximum absolute atomic E-state index is 14.6. The SMILES string of the molecule is CCOC(=O)OCC1OC(c2ccc(F)c(Cc3ccc(OC)cc3)c2)C(C)C(C)C1O. The second-order valence-corrected chi connectivity index (χ2v) is 8.17. The van der Waals surface area contributed by atoms with E-state index < -0.39 is 18.4 Å². The fourth-order valence-electron chi connectivity index (χ4n) is 4.02. The first kappa shape index (κ1) is 24.0. The highest BCUT2D eigenvalue weighted by atomic mass is 19.1. The van der Waals surface area contributed by atoms with Gasteiger partial charge in [-0.05, 0) is 59.7 Å². The van der Waals surface area contributed by atoms with E-state index in [1.807, 2.05) is 44.2 Å². The Labute approximate surface area is 188 Å². The predicted octanol–water partition coefficient (Wildman–Crippen LogP) is 4.67. The number of hydrogen-bond acceptors (Lipinski definition) is 6. The molecule has 2 aromatic rings. The van der Waals surface area contributed by atoms with E-state index in [9.17, 15) is 14.3 Å². The lowest BCUT2D eigenvalue weighted by Gasteiger charge is -2.42. The van der Waals surface area contributed by atoms with Gasteiger partial charge in [-0.25, -0.2) is 9.18 Å². The van der Waals surface area contributed by atoms with Gasteiger partial charge in [-0.2, -0.15) is 0 Å². The Bertz CT molecular complexity index is 900. The van der Waals surface area contributed by atoms with Crippen molar-refractivity contribution in [1.82, 2.24) is 0 Å². The van der Waals surface area contributed by atoms with Gasteiger partial charge >= 0.3 is 6.16 Å². The number of carbonyl (C=O) groups is 1. The van der Waals surface area contributed by atoms with Crippen LogP contribution in [0.1, 0.15) is 43.6 Å². The lowest BCUT2D eigenvalue weighted by molar-refractivity contribution is -0.184. The summed E-state index contributed by atoms with van der Waals surface area (Å²) in [5, 5.41) is 10.6. The third kappa shape index (κ3) is 5.58. The predicted molar refractivity (Wildman–Crippen MR) is 117 cm³/mol. The van der Waals surface area contributed by atoms with Crippen LogP contribution in [0.2, 0.25) is 0 Å². The van der Waals surface area contributed by atoms with Crippen LogP contribution < -0.4 is 4.74 Å². The van der Waals surface area contributed by atoms with Crippen LogP contribution in [0.3, 0.4) is 0 Å². The van der Waals surface area contributed by atoms with E-state index in [0.717, 1.165) is 16.9 Å². The van der Waals surface area contributed by atoms with Crippen LogP contribution >= 0.6 is 0 Å². The second-order valence-electron chi connectivity index (χ2n) is 8.17. The molecule has 3 rings (SSSR count). The van der Waals surface area contributed by atoms with Gasteiger partial charge in [0.15, 0.2) is 0 Å². The molecule has 1 saturated heterocycles. The first-order valence-electron chi connectivity index (χ1n) is 10.9. The van der Waals surface area contributed by atoms with Crippen LogP contribution in [0.25, 0.3) is 0 Å². The van der Waals surface area contributed by atoms with Gasteiger partial charge < -0.3 is 24.1 Å². The molecule has 2 aromatic carbocycles. The number of benzene rings is 2. The molecule has 1 N–H and O–H groups in total. The molecule has 0 aromatic heterocycles. The molecular formula is C25H31FO6. The summed E-state index contributed by atoms with van der Waals surface area (Å²) >= 11 is 0. The van der Waals surface area contributed by atoms with Crippen LogP contribution in [-0.4, -0.2) is 43.8 Å². The van der Waals surface area contributed by atoms with Gasteiger partial charge in [0.05, 0.1) is 25.9 Å². The van der Waals surface area contributed by atoms with Crippen LogP contribution in [0, 0.1) is 17.7 Å². The summed E-state index contributed by atoms with van der Waals surface area (Å²) in [7, 11) is 1.60. The average Bonchev–Trinajstić information content (AvgIpc) is 2.79. The standard InChI is InChI=1S/C25H31FO6/c1-5-30-25(28)31-14-22-23(27)15(2)16(3)24(32-22)18-8-11-21(26)19(13-18)12-17-6-9-20(29-4)10-7-17/h6-11,13,15-16,22-24,27H,5,12,14H2,1-4H3. The van der Waals surface area contributed by atoms with E-state index in [2.05, 4.69) is 0 Å². The zero-order valence-electron chi connectivity index (χ0n) is 18.9. The number of ether oxygens (including phenoxy) is 4. The highest BCUT2D eigenvalue weighted by Gasteiger charge is 2.41. The van der Waals surface area contributed by atoms with Crippen LogP contribution in [0.15, 0.2) is 42.5 Å². The molecule has 1 aliphatic rings. The molecule has 174 valence electrons. The minimum Gasteiger partial charge on any atom is -0.497 e. The van der Waals surface area contributed by atoms with Gasteiger partial charge in [-0.15, -0.1) is 0 Å². The Morgan fingerprint density at radius 1 is 1.09 bits per heavy atom. The molecule has 0 bridgehead atoms. The number of methoxy groups -OCH3 is 1. The molecule has 6 nitrogen and oxygen atoms in total. The van der Waals surface area contributed by atoms with E-state index in [-0.39, 0.29) is 37.0 Å². The molecule has 0 spiro atoms. The molecule has 1 aliphatic heterocycles. The molecule has 0 saturated carbocycles. The van der Waals surface area contributed by atoms with E-state index in [1.165, 1.54) is 6.07 Å². The molecular weight excluding hydrogens is 415 g/mol. The summed E-state index contributed by atoms with van der Waals surface area (Å²) in [6.45, 7) is 5.70. The maximum Gasteiger partial charge on any atom is 0.508 e. The molecule has 7 heteroatoms. The number of carbonyl (C=O) groups excluding carboxylic acids is 1. The van der Waals surface area contributed by atoms with Crippen molar-refractivity contribution in [2.24, 2.45) is 11.8 Å². The highest BCUT2D eigenvalue weighted by Crippen LogP contribution is 2.40. The number of aliphatic hydroxyl groups is 1. The van der Waals surface area contributed by atoms with Crippen LogP contribution in [0.5, 0.6) is 5.75 Å². The second kappa shape index (κ2) is 10.8. The van der Waals surface area contributed by atoms with Crippen molar-refractivity contribution < 1.29 is 33.2 Å². The first-order chi connectivity index (χ1) is 15.3. The average molecular weight is 447 g/mol. The first-order valence-corrected chi connectivity index (χ1v) is 10.9. The molecule has 0 amide bonds. The quantitative estimate of drug-likeness (QED) is 0.623. The molecule has 5 unspecified atom stereocenters. The Hall–Kier alpha value is -2.64. The van der Waals surface area contributed by atoms with Crippen molar-refractivity contribution in [2.45, 2.75) is 45.5 Å². The third-order valence-electron chi connectivity index (χ3n) is 6.13. The van der Waals surface area contributed by atoms with Crippen molar-refractivity contribution in [2.75, 3.05) is 20.3 Å². The Kier molecular flexibility index (Phi) is 8.10. The van der Waals surface area contributed by atoms with Gasteiger partial charge in [-0.3, -0.25) is 0 Å². The fourth-order valence-corrected chi connectivity index (χ4v) is 4.02. The van der Waals surface area contributed by atoms with Gasteiger partial charge in [0.1, 0.15) is 24.3 Å². The van der Waals surface area contributed by atoms with Gasteiger partial charge in [0.25, 0.3) is 0 Å². The smallest absolute Gasteiger partial charge is 0.497 e. The number of aliphatic hydroxyl groups excluding tert-OH is 1. The number of halogens is 1. The Morgan fingerprint density at radius 3 is 2.47 bits per heavy atom.